The van der Waals surface area contributed by atoms with Crippen LogP contribution in [0.1, 0.15) is 55.7 Å². The van der Waals surface area contributed by atoms with E-state index in [1.165, 1.54) is 29.9 Å². The van der Waals surface area contributed by atoms with Crippen LogP contribution >= 0.6 is 11.8 Å². The first-order valence-electron chi connectivity index (χ1n) is 8.86. The lowest BCUT2D eigenvalue weighted by atomic mass is 10.1. The maximum absolute atomic E-state index is 12.8. The highest BCUT2D eigenvalue weighted by Crippen LogP contribution is 2.41. The number of carbonyl (C=O) groups excluding carboxylic acids is 2. The van der Waals surface area contributed by atoms with E-state index in [4.69, 9.17) is 4.52 Å². The van der Waals surface area contributed by atoms with Crippen LogP contribution in [0, 0.1) is 0 Å². The lowest BCUT2D eigenvalue weighted by Gasteiger charge is -2.36. The summed E-state index contributed by atoms with van der Waals surface area (Å²) in [6.45, 7) is 1.60. The molecule has 6 nitrogen and oxygen atoms in total. The van der Waals surface area contributed by atoms with E-state index in [9.17, 15) is 9.59 Å². The van der Waals surface area contributed by atoms with Gasteiger partial charge in [0.05, 0.1) is 12.2 Å². The standard InChI is InChI=1S/C17H23N3O3S/c21-15-6-7-19(10-14-3-1-2-8-24-14)17(22)20(15)9-13-11-23-18-16(13)12-4-5-12/h11-12,14H,1-10H2. The topological polar surface area (TPSA) is 66.7 Å². The van der Waals surface area contributed by atoms with Crippen LogP contribution in [-0.4, -0.2) is 51.0 Å². The van der Waals surface area contributed by atoms with Crippen LogP contribution < -0.4 is 0 Å². The first kappa shape index (κ1) is 16.0. The second-order valence-electron chi connectivity index (χ2n) is 6.95. The van der Waals surface area contributed by atoms with E-state index in [1.54, 1.807) is 6.26 Å². The summed E-state index contributed by atoms with van der Waals surface area (Å²) in [5, 5.41) is 4.57. The van der Waals surface area contributed by atoms with Gasteiger partial charge in [-0.1, -0.05) is 11.6 Å². The molecule has 3 aliphatic rings. The molecule has 0 N–H and O–H groups in total. The highest BCUT2D eigenvalue weighted by Gasteiger charge is 2.36. The normalized spacial score (nSPS) is 25.4. The molecule has 0 bridgehead atoms. The minimum Gasteiger partial charge on any atom is -0.364 e. The summed E-state index contributed by atoms with van der Waals surface area (Å²) in [5.41, 5.74) is 1.81. The number of rotatable bonds is 5. The monoisotopic (exact) mass is 349 g/mol. The first-order valence-corrected chi connectivity index (χ1v) is 9.91. The van der Waals surface area contributed by atoms with Crippen LogP contribution in [0.3, 0.4) is 0 Å². The van der Waals surface area contributed by atoms with Crippen LogP contribution in [0.4, 0.5) is 4.79 Å². The van der Waals surface area contributed by atoms with Crippen molar-refractivity contribution in [2.75, 3.05) is 18.8 Å². The van der Waals surface area contributed by atoms with Crippen LogP contribution in [-0.2, 0) is 11.3 Å². The van der Waals surface area contributed by atoms with Gasteiger partial charge in [-0.05, 0) is 31.4 Å². The summed E-state index contributed by atoms with van der Waals surface area (Å²) in [6.07, 6.45) is 7.92. The molecule has 1 aromatic rings. The van der Waals surface area contributed by atoms with Crippen LogP contribution in [0.15, 0.2) is 10.8 Å². The second kappa shape index (κ2) is 6.78. The Bertz CT molecular complexity index is 622. The molecule has 3 amide bonds. The molecule has 0 aromatic carbocycles. The van der Waals surface area contributed by atoms with Crippen LogP contribution in [0.25, 0.3) is 0 Å². The smallest absolute Gasteiger partial charge is 0.327 e. The predicted molar refractivity (Wildman–Crippen MR) is 90.7 cm³/mol. The van der Waals surface area contributed by atoms with E-state index in [0.717, 1.165) is 30.6 Å². The minimum atomic E-state index is -0.152. The molecule has 1 unspecified atom stereocenters. The van der Waals surface area contributed by atoms with E-state index < -0.39 is 0 Å². The summed E-state index contributed by atoms with van der Waals surface area (Å²) in [7, 11) is 0. The van der Waals surface area contributed by atoms with Crippen molar-refractivity contribution in [1.82, 2.24) is 15.0 Å². The maximum atomic E-state index is 12.8. The number of imide groups is 1. The van der Waals surface area contributed by atoms with Gasteiger partial charge in [0.15, 0.2) is 0 Å². The van der Waals surface area contributed by atoms with E-state index in [2.05, 4.69) is 5.16 Å². The number of carbonyl (C=O) groups is 2. The van der Waals surface area contributed by atoms with Gasteiger partial charge in [0.2, 0.25) is 5.91 Å². The lowest BCUT2D eigenvalue weighted by Crippen LogP contribution is -2.53. The third-order valence-electron chi connectivity index (χ3n) is 5.06. The number of hydrogen-bond acceptors (Lipinski definition) is 5. The van der Waals surface area contributed by atoms with Crippen molar-refractivity contribution >= 4 is 23.7 Å². The Morgan fingerprint density at radius 2 is 2.12 bits per heavy atom. The summed E-state index contributed by atoms with van der Waals surface area (Å²) in [6, 6.07) is -0.152. The average Bonchev–Trinajstić information content (AvgIpc) is 3.34. The zero-order chi connectivity index (χ0) is 16.5. The second-order valence-corrected chi connectivity index (χ2v) is 8.35. The minimum absolute atomic E-state index is 0.0875. The zero-order valence-corrected chi connectivity index (χ0v) is 14.6. The molecular weight excluding hydrogens is 326 g/mol. The molecule has 0 radical (unpaired) electrons. The molecule has 3 heterocycles. The summed E-state index contributed by atoms with van der Waals surface area (Å²) < 4.78 is 5.09. The summed E-state index contributed by atoms with van der Waals surface area (Å²) >= 11 is 1.96. The molecule has 1 aromatic heterocycles. The molecule has 3 fully saturated rings. The van der Waals surface area contributed by atoms with Crippen molar-refractivity contribution in [3.63, 3.8) is 0 Å². The van der Waals surface area contributed by atoms with Gasteiger partial charge in [-0.3, -0.25) is 9.69 Å². The molecule has 1 aliphatic carbocycles. The number of urea groups is 1. The molecule has 130 valence electrons. The highest BCUT2D eigenvalue weighted by atomic mass is 32.2. The molecule has 4 rings (SSSR count). The Labute approximate surface area is 145 Å². The highest BCUT2D eigenvalue weighted by molar-refractivity contribution is 7.99. The summed E-state index contributed by atoms with van der Waals surface area (Å²) in [5.74, 6) is 1.54. The Kier molecular flexibility index (Phi) is 4.52. The van der Waals surface area contributed by atoms with Crippen molar-refractivity contribution < 1.29 is 14.1 Å². The molecule has 2 aliphatic heterocycles. The van der Waals surface area contributed by atoms with Crippen molar-refractivity contribution in [2.45, 2.75) is 56.2 Å². The van der Waals surface area contributed by atoms with Crippen LogP contribution in [0.5, 0.6) is 0 Å². The fourth-order valence-corrected chi connectivity index (χ4v) is 4.83. The van der Waals surface area contributed by atoms with Gasteiger partial charge in [-0.15, -0.1) is 0 Å². The Balaban J connectivity index is 1.43. The molecule has 1 saturated carbocycles. The third-order valence-corrected chi connectivity index (χ3v) is 6.44. The largest absolute Gasteiger partial charge is 0.364 e. The molecule has 24 heavy (non-hydrogen) atoms. The zero-order valence-electron chi connectivity index (χ0n) is 13.8. The van der Waals surface area contributed by atoms with Crippen molar-refractivity contribution in [2.24, 2.45) is 0 Å². The molecule has 0 spiro atoms. The first-order chi connectivity index (χ1) is 11.7. The van der Waals surface area contributed by atoms with E-state index >= 15 is 0 Å². The Morgan fingerprint density at radius 1 is 1.25 bits per heavy atom. The predicted octanol–water partition coefficient (Wildman–Crippen LogP) is 2.99. The van der Waals surface area contributed by atoms with Gasteiger partial charge in [0.1, 0.15) is 6.26 Å². The number of hydrogen-bond donors (Lipinski definition) is 0. The average molecular weight is 349 g/mol. The summed E-state index contributed by atoms with van der Waals surface area (Å²) in [4.78, 5) is 28.3. The molecular formula is C17H23N3O3S. The van der Waals surface area contributed by atoms with Gasteiger partial charge in [-0.2, -0.15) is 11.8 Å². The van der Waals surface area contributed by atoms with Gasteiger partial charge >= 0.3 is 6.03 Å². The SMILES string of the molecule is O=C1CCN(CC2CCCCS2)C(=O)N1Cc1conc1C1CC1. The maximum Gasteiger partial charge on any atom is 0.327 e. The lowest BCUT2D eigenvalue weighted by molar-refractivity contribution is -0.131. The van der Waals surface area contributed by atoms with E-state index in [1.807, 2.05) is 16.7 Å². The van der Waals surface area contributed by atoms with E-state index in [0.29, 0.717) is 30.7 Å². The molecule has 7 heteroatoms. The quantitative estimate of drug-likeness (QED) is 0.817. The number of nitrogens with zero attached hydrogens (tertiary/aromatic N) is 3. The number of amides is 3. The number of aromatic nitrogens is 1. The third kappa shape index (κ3) is 3.31. The number of thioether (sulfide) groups is 1. The fourth-order valence-electron chi connectivity index (χ4n) is 3.51. The molecule has 2 saturated heterocycles. The van der Waals surface area contributed by atoms with Gasteiger partial charge < -0.3 is 9.42 Å². The fraction of sp³-hybridized carbons (Fsp3) is 0.706. The Hall–Kier alpha value is -1.50. The van der Waals surface area contributed by atoms with Gasteiger partial charge in [0.25, 0.3) is 0 Å². The Morgan fingerprint density at radius 3 is 2.88 bits per heavy atom. The van der Waals surface area contributed by atoms with Gasteiger partial charge in [0, 0.05) is 36.2 Å². The van der Waals surface area contributed by atoms with Crippen molar-refractivity contribution in [3.05, 3.63) is 17.5 Å². The van der Waals surface area contributed by atoms with Gasteiger partial charge in [-0.25, -0.2) is 4.79 Å². The van der Waals surface area contributed by atoms with Crippen molar-refractivity contribution in [3.8, 4) is 0 Å². The van der Waals surface area contributed by atoms with Crippen molar-refractivity contribution in [1.29, 1.82) is 0 Å². The molecule has 1 atom stereocenters. The van der Waals surface area contributed by atoms with E-state index in [-0.39, 0.29) is 11.9 Å². The van der Waals surface area contributed by atoms with Crippen LogP contribution in [0.2, 0.25) is 0 Å².